The normalized spacial score (nSPS) is 14.0. The van der Waals surface area contributed by atoms with E-state index < -0.39 is 51.1 Å². The Balaban J connectivity index is 4.36. The molecule has 12 heteroatoms. The molecule has 0 aromatic heterocycles. The van der Waals surface area contributed by atoms with Gasteiger partial charge in [0.25, 0.3) is 0 Å². The van der Waals surface area contributed by atoms with Crippen LogP contribution in [0, 0.1) is 0 Å². The van der Waals surface area contributed by atoms with Crippen molar-refractivity contribution >= 4 is 25.7 Å². The maximum Gasteiger partial charge on any atom is 0.472 e. The Morgan fingerprint density at radius 2 is 0.964 bits per heavy atom. The van der Waals surface area contributed by atoms with Gasteiger partial charge in [0, 0.05) is 12.8 Å². The lowest BCUT2D eigenvalue weighted by Crippen LogP contribution is -2.34. The van der Waals surface area contributed by atoms with Crippen LogP contribution in [-0.4, -0.2) is 59.9 Å². The Labute approximate surface area is 334 Å². The lowest BCUT2D eigenvalue weighted by Gasteiger charge is -2.20. The quantitative estimate of drug-likeness (QED) is 0.0232. The van der Waals surface area contributed by atoms with Crippen LogP contribution in [0.15, 0.2) is 24.3 Å². The summed E-state index contributed by atoms with van der Waals surface area (Å²) in [6.45, 7) is 2.78. The molecule has 0 aromatic rings. The fourth-order valence-corrected chi connectivity index (χ4v) is 6.76. The maximum absolute atomic E-state index is 12.6. The van der Waals surface area contributed by atoms with Gasteiger partial charge in [-0.3, -0.25) is 23.4 Å². The molecule has 0 saturated heterocycles. The van der Waals surface area contributed by atoms with E-state index in [1.165, 1.54) is 96.3 Å². The highest BCUT2D eigenvalue weighted by Crippen LogP contribution is 2.43. The molecule has 0 spiro atoms. The number of esters is 2. The molecule has 3 unspecified atom stereocenters. The van der Waals surface area contributed by atoms with Gasteiger partial charge in [0.15, 0.2) is 6.10 Å². The molecule has 11 nitrogen and oxygen atoms in total. The third-order valence-corrected chi connectivity index (χ3v) is 10.4. The third kappa shape index (κ3) is 38.6. The monoisotopic (exact) mass is 802 g/mol. The third-order valence-electron chi connectivity index (χ3n) is 9.45. The van der Waals surface area contributed by atoms with Crippen molar-refractivity contribution in [3.63, 3.8) is 0 Å². The van der Waals surface area contributed by atoms with Gasteiger partial charge in [-0.05, 0) is 44.9 Å². The molecule has 0 radical (unpaired) electrons. The smallest absolute Gasteiger partial charge is 0.472 e. The summed E-state index contributed by atoms with van der Waals surface area (Å²) in [7, 11) is -4.71. The number of phosphoric acid groups is 1. The summed E-state index contributed by atoms with van der Waals surface area (Å²) in [5.41, 5.74) is 5.33. The average Bonchev–Trinajstić information content (AvgIpc) is 3.16. The van der Waals surface area contributed by atoms with Crippen molar-refractivity contribution in [3.05, 3.63) is 24.3 Å². The molecular weight excluding hydrogens is 721 g/mol. The molecule has 0 aliphatic carbocycles. The highest BCUT2D eigenvalue weighted by Gasteiger charge is 2.28. The van der Waals surface area contributed by atoms with Crippen molar-refractivity contribution in [2.24, 2.45) is 5.73 Å². The highest BCUT2D eigenvalue weighted by molar-refractivity contribution is 7.47. The Bertz CT molecular complexity index is 1040. The van der Waals surface area contributed by atoms with Crippen LogP contribution in [0.3, 0.4) is 0 Å². The number of carbonyl (C=O) groups is 3. The van der Waals surface area contributed by atoms with E-state index in [-0.39, 0.29) is 19.4 Å². The molecule has 55 heavy (non-hydrogen) atoms. The number of carbonyl (C=O) groups excluding carboxylic acids is 2. The molecule has 0 bridgehead atoms. The summed E-state index contributed by atoms with van der Waals surface area (Å²) >= 11 is 0. The summed E-state index contributed by atoms with van der Waals surface area (Å²) in [5, 5.41) is 8.88. The zero-order chi connectivity index (χ0) is 40.7. The van der Waals surface area contributed by atoms with E-state index >= 15 is 0 Å². The second kappa shape index (κ2) is 38.8. The second-order valence-electron chi connectivity index (χ2n) is 14.8. The topological polar surface area (TPSA) is 172 Å². The number of hydrogen-bond donors (Lipinski definition) is 3. The summed E-state index contributed by atoms with van der Waals surface area (Å²) in [6.07, 6.45) is 39.5. The number of nitrogens with two attached hydrogens (primary N) is 1. The number of rotatable bonds is 41. The molecule has 0 fully saturated rings. The van der Waals surface area contributed by atoms with Gasteiger partial charge in [-0.2, -0.15) is 0 Å². The zero-order valence-corrected chi connectivity index (χ0v) is 35.7. The first-order valence-electron chi connectivity index (χ1n) is 21.9. The minimum absolute atomic E-state index is 0.148. The Morgan fingerprint density at radius 3 is 1.45 bits per heavy atom. The zero-order valence-electron chi connectivity index (χ0n) is 34.8. The first-order valence-corrected chi connectivity index (χ1v) is 23.4. The number of carboxylic acids is 1. The van der Waals surface area contributed by atoms with Crippen molar-refractivity contribution in [1.82, 2.24) is 0 Å². The summed E-state index contributed by atoms with van der Waals surface area (Å²) < 4.78 is 32.7. The van der Waals surface area contributed by atoms with Crippen LogP contribution in [-0.2, 0) is 37.5 Å². The van der Waals surface area contributed by atoms with Crippen LogP contribution < -0.4 is 5.73 Å². The number of unbranched alkanes of at least 4 members (excludes halogenated alkanes) is 23. The molecule has 0 saturated carbocycles. The number of aliphatic carboxylic acids is 1. The fourth-order valence-electron chi connectivity index (χ4n) is 5.98. The van der Waals surface area contributed by atoms with Gasteiger partial charge in [0.05, 0.1) is 13.2 Å². The molecular formula is C43H80NO10P. The predicted molar refractivity (Wildman–Crippen MR) is 222 cm³/mol. The summed E-state index contributed by atoms with van der Waals surface area (Å²) in [5.74, 6) is -2.39. The van der Waals surface area contributed by atoms with Gasteiger partial charge in [-0.15, -0.1) is 0 Å². The highest BCUT2D eigenvalue weighted by atomic mass is 31.2. The van der Waals surface area contributed by atoms with E-state index in [0.717, 1.165) is 64.2 Å². The Hall–Kier alpha value is -2.04. The standard InChI is InChI=1S/C43H80NO10P/c1-3-5-7-9-11-13-15-17-19-21-22-24-26-28-30-32-34-41(45)51-36-39(37-52-55(49,50)53-38-40(44)43(47)48)54-42(46)35-33-31-29-27-25-23-20-18-16-14-12-10-8-6-4-2/h12,14,18,20,39-40H,3-11,13,15-17,19,21-38,44H2,1-2H3,(H,47,48)(H,49,50)/b14-12-,20-18-. The first-order chi connectivity index (χ1) is 26.6. The number of ether oxygens (including phenoxy) is 2. The molecule has 4 N–H and O–H groups in total. The molecule has 0 aromatic carbocycles. The first kappa shape index (κ1) is 53.0. The number of phosphoric ester groups is 1. The predicted octanol–water partition coefficient (Wildman–Crippen LogP) is 11.5. The Morgan fingerprint density at radius 1 is 0.564 bits per heavy atom. The number of carboxylic acid groups (broad SMARTS) is 1. The van der Waals surface area contributed by atoms with E-state index in [9.17, 15) is 23.8 Å². The molecule has 0 heterocycles. The van der Waals surface area contributed by atoms with Crippen LogP contribution in [0.4, 0.5) is 0 Å². The van der Waals surface area contributed by atoms with Crippen LogP contribution in [0.2, 0.25) is 0 Å². The van der Waals surface area contributed by atoms with Crippen LogP contribution in [0.5, 0.6) is 0 Å². The molecule has 3 atom stereocenters. The van der Waals surface area contributed by atoms with E-state index in [1.807, 2.05) is 0 Å². The van der Waals surface area contributed by atoms with Crippen molar-refractivity contribution in [1.29, 1.82) is 0 Å². The molecule has 0 aliphatic rings. The van der Waals surface area contributed by atoms with Crippen molar-refractivity contribution in [2.45, 2.75) is 212 Å². The minimum atomic E-state index is -4.71. The fraction of sp³-hybridized carbons (Fsp3) is 0.837. The Kier molecular flexibility index (Phi) is 37.4. The number of allylic oxidation sites excluding steroid dienone is 4. The minimum Gasteiger partial charge on any atom is -0.480 e. The van der Waals surface area contributed by atoms with Gasteiger partial charge in [-0.1, -0.05) is 167 Å². The summed E-state index contributed by atoms with van der Waals surface area (Å²) in [6, 6.07) is -1.52. The van der Waals surface area contributed by atoms with E-state index in [2.05, 4.69) is 42.7 Å². The average molecular weight is 802 g/mol. The second-order valence-corrected chi connectivity index (χ2v) is 16.3. The SMILES string of the molecule is CCCCC/C=C\C/C=C\CCCCCCCC(=O)OC(COC(=O)CCCCCCCCCCCCCCCCCC)COP(=O)(O)OCC(N)C(=O)O. The van der Waals surface area contributed by atoms with Gasteiger partial charge in [0.1, 0.15) is 12.6 Å². The van der Waals surface area contributed by atoms with Crippen molar-refractivity contribution < 1.29 is 47.5 Å². The van der Waals surface area contributed by atoms with Crippen LogP contribution in [0.25, 0.3) is 0 Å². The van der Waals surface area contributed by atoms with E-state index in [4.69, 9.17) is 24.8 Å². The largest absolute Gasteiger partial charge is 0.480 e. The summed E-state index contributed by atoms with van der Waals surface area (Å²) in [4.78, 5) is 45.9. The van der Waals surface area contributed by atoms with E-state index in [0.29, 0.717) is 12.8 Å². The molecule has 0 rings (SSSR count). The number of hydrogen-bond acceptors (Lipinski definition) is 9. The maximum atomic E-state index is 12.6. The van der Waals surface area contributed by atoms with Crippen molar-refractivity contribution in [3.8, 4) is 0 Å². The van der Waals surface area contributed by atoms with Crippen LogP contribution in [0.1, 0.15) is 200 Å². The van der Waals surface area contributed by atoms with Gasteiger partial charge >= 0.3 is 25.7 Å². The molecule has 0 amide bonds. The molecule has 322 valence electrons. The van der Waals surface area contributed by atoms with Crippen LogP contribution >= 0.6 is 7.82 Å². The van der Waals surface area contributed by atoms with Gasteiger partial charge in [-0.25, -0.2) is 4.57 Å². The van der Waals surface area contributed by atoms with Gasteiger partial charge < -0.3 is 25.2 Å². The lowest BCUT2D eigenvalue weighted by atomic mass is 10.0. The van der Waals surface area contributed by atoms with E-state index in [1.54, 1.807) is 0 Å². The van der Waals surface area contributed by atoms with Gasteiger partial charge in [0.2, 0.25) is 0 Å². The lowest BCUT2D eigenvalue weighted by molar-refractivity contribution is -0.161. The molecule has 0 aliphatic heterocycles. The van der Waals surface area contributed by atoms with Crippen molar-refractivity contribution in [2.75, 3.05) is 19.8 Å².